The van der Waals surface area contributed by atoms with Gasteiger partial charge in [0.1, 0.15) is 13.2 Å². The van der Waals surface area contributed by atoms with Gasteiger partial charge in [0.15, 0.2) is 23.9 Å². The third kappa shape index (κ3) is 3.40. The van der Waals surface area contributed by atoms with Crippen LogP contribution in [0, 0.1) is 13.8 Å². The monoisotopic (exact) mass is 326 g/mol. The maximum atomic E-state index is 12.2. The van der Waals surface area contributed by atoms with E-state index >= 15 is 0 Å². The Morgan fingerprint density at radius 1 is 0.917 bits per heavy atom. The van der Waals surface area contributed by atoms with Crippen LogP contribution in [0.5, 0.6) is 11.5 Å². The summed E-state index contributed by atoms with van der Waals surface area (Å²) in [5.41, 5.74) is 2.96. The van der Waals surface area contributed by atoms with E-state index in [4.69, 9.17) is 14.2 Å². The van der Waals surface area contributed by atoms with E-state index in [2.05, 4.69) is 0 Å². The molecule has 0 saturated carbocycles. The number of Topliss-reactive ketones (excluding diaryl/α,β-unsaturated/α-hetero) is 1. The molecule has 0 unspecified atom stereocenters. The second-order valence-electron chi connectivity index (χ2n) is 5.66. The zero-order valence-electron chi connectivity index (χ0n) is 13.6. The minimum Gasteiger partial charge on any atom is -0.486 e. The Morgan fingerprint density at radius 3 is 2.38 bits per heavy atom. The molecular weight excluding hydrogens is 308 g/mol. The van der Waals surface area contributed by atoms with Crippen LogP contribution in [0.4, 0.5) is 0 Å². The highest BCUT2D eigenvalue weighted by molar-refractivity contribution is 5.99. The predicted octanol–water partition coefficient (Wildman–Crippen LogP) is 3.11. The van der Waals surface area contributed by atoms with Crippen LogP contribution in [0.2, 0.25) is 0 Å². The molecule has 1 heterocycles. The molecule has 2 aromatic carbocycles. The Kier molecular flexibility index (Phi) is 4.51. The van der Waals surface area contributed by atoms with Crippen molar-refractivity contribution in [2.24, 2.45) is 0 Å². The van der Waals surface area contributed by atoms with Gasteiger partial charge in [-0.3, -0.25) is 4.79 Å². The number of ketones is 1. The third-order valence-electron chi connectivity index (χ3n) is 3.94. The fraction of sp³-hybridized carbons (Fsp3) is 0.263. The van der Waals surface area contributed by atoms with Crippen molar-refractivity contribution in [3.63, 3.8) is 0 Å². The molecule has 3 rings (SSSR count). The Bertz CT molecular complexity index is 794. The largest absolute Gasteiger partial charge is 0.486 e. The molecule has 5 heteroatoms. The molecule has 0 aliphatic carbocycles. The molecule has 0 aromatic heterocycles. The van der Waals surface area contributed by atoms with Gasteiger partial charge in [0, 0.05) is 5.56 Å². The van der Waals surface area contributed by atoms with Crippen LogP contribution >= 0.6 is 0 Å². The highest BCUT2D eigenvalue weighted by Crippen LogP contribution is 2.30. The second kappa shape index (κ2) is 6.74. The minimum atomic E-state index is -0.510. The van der Waals surface area contributed by atoms with E-state index in [1.807, 2.05) is 19.9 Å². The summed E-state index contributed by atoms with van der Waals surface area (Å²) in [6.45, 7) is 4.52. The molecule has 5 nitrogen and oxygen atoms in total. The molecule has 0 amide bonds. The zero-order chi connectivity index (χ0) is 17.1. The first-order valence-electron chi connectivity index (χ1n) is 7.72. The highest BCUT2D eigenvalue weighted by atomic mass is 16.6. The van der Waals surface area contributed by atoms with Gasteiger partial charge in [-0.25, -0.2) is 4.79 Å². The van der Waals surface area contributed by atoms with Crippen LogP contribution in [-0.2, 0) is 4.74 Å². The molecule has 2 aromatic rings. The van der Waals surface area contributed by atoms with Gasteiger partial charge < -0.3 is 14.2 Å². The third-order valence-corrected chi connectivity index (χ3v) is 3.94. The molecule has 0 N–H and O–H groups in total. The Morgan fingerprint density at radius 2 is 1.62 bits per heavy atom. The van der Waals surface area contributed by atoms with Gasteiger partial charge >= 0.3 is 5.97 Å². The molecule has 0 saturated heterocycles. The van der Waals surface area contributed by atoms with Gasteiger partial charge in [0.2, 0.25) is 0 Å². The van der Waals surface area contributed by atoms with E-state index < -0.39 is 5.97 Å². The average Bonchev–Trinajstić information content (AvgIpc) is 2.61. The van der Waals surface area contributed by atoms with Gasteiger partial charge in [-0.1, -0.05) is 6.07 Å². The van der Waals surface area contributed by atoms with Crippen molar-refractivity contribution in [1.29, 1.82) is 0 Å². The summed E-state index contributed by atoms with van der Waals surface area (Å²) in [5, 5.41) is 0. The quantitative estimate of drug-likeness (QED) is 0.638. The Labute approximate surface area is 140 Å². The van der Waals surface area contributed by atoms with Crippen LogP contribution in [0.25, 0.3) is 0 Å². The number of fused-ring (bicyclic) bond motifs is 1. The van der Waals surface area contributed by atoms with Crippen LogP contribution in [0.1, 0.15) is 31.8 Å². The standard InChI is InChI=1S/C19H18O5/c1-12-3-4-15(9-13(12)2)19(21)24-11-16(20)14-5-6-17-18(10-14)23-8-7-22-17/h3-6,9-10H,7-8,11H2,1-2H3. The lowest BCUT2D eigenvalue weighted by Crippen LogP contribution is -2.17. The topological polar surface area (TPSA) is 61.8 Å². The number of aryl methyl sites for hydroxylation is 2. The van der Waals surface area contributed by atoms with Crippen molar-refractivity contribution in [2.45, 2.75) is 13.8 Å². The molecule has 0 radical (unpaired) electrons. The van der Waals surface area contributed by atoms with Crippen LogP contribution in [-0.4, -0.2) is 31.6 Å². The summed E-state index contributed by atoms with van der Waals surface area (Å²) >= 11 is 0. The number of carbonyl (C=O) groups excluding carboxylic acids is 2. The number of ether oxygens (including phenoxy) is 3. The van der Waals surface area contributed by atoms with Gasteiger partial charge in [0.05, 0.1) is 5.56 Å². The number of rotatable bonds is 4. The molecular formula is C19H18O5. The van der Waals surface area contributed by atoms with Gasteiger partial charge in [-0.05, 0) is 55.3 Å². The van der Waals surface area contributed by atoms with Crippen molar-refractivity contribution in [3.8, 4) is 11.5 Å². The van der Waals surface area contributed by atoms with Crippen molar-refractivity contribution < 1.29 is 23.8 Å². The van der Waals surface area contributed by atoms with Crippen LogP contribution in [0.3, 0.4) is 0 Å². The van der Waals surface area contributed by atoms with Crippen molar-refractivity contribution in [1.82, 2.24) is 0 Å². The summed E-state index contributed by atoms with van der Waals surface area (Å²) in [5.74, 6) is 0.352. The number of carbonyl (C=O) groups is 2. The van der Waals surface area contributed by atoms with Gasteiger partial charge in [-0.2, -0.15) is 0 Å². The fourth-order valence-corrected chi connectivity index (χ4v) is 2.38. The van der Waals surface area contributed by atoms with Crippen molar-refractivity contribution in [3.05, 3.63) is 58.7 Å². The lowest BCUT2D eigenvalue weighted by atomic mass is 10.1. The first-order chi connectivity index (χ1) is 11.5. The van der Waals surface area contributed by atoms with E-state index in [1.165, 1.54) is 0 Å². The first kappa shape index (κ1) is 16.1. The smallest absolute Gasteiger partial charge is 0.338 e. The lowest BCUT2D eigenvalue weighted by Gasteiger charge is -2.18. The van der Waals surface area contributed by atoms with E-state index in [-0.39, 0.29) is 12.4 Å². The van der Waals surface area contributed by atoms with Crippen molar-refractivity contribution >= 4 is 11.8 Å². The maximum Gasteiger partial charge on any atom is 0.338 e. The number of hydrogen-bond acceptors (Lipinski definition) is 5. The molecule has 1 aliphatic heterocycles. The maximum absolute atomic E-state index is 12.2. The van der Waals surface area contributed by atoms with Gasteiger partial charge in [0.25, 0.3) is 0 Å². The summed E-state index contributed by atoms with van der Waals surface area (Å²) in [6, 6.07) is 10.2. The van der Waals surface area contributed by atoms with E-state index in [0.717, 1.165) is 11.1 Å². The Hall–Kier alpha value is -2.82. The average molecular weight is 326 g/mol. The molecule has 0 spiro atoms. The van der Waals surface area contributed by atoms with E-state index in [0.29, 0.717) is 35.8 Å². The summed E-state index contributed by atoms with van der Waals surface area (Å²) < 4.78 is 16.0. The Balaban J connectivity index is 1.64. The lowest BCUT2D eigenvalue weighted by molar-refractivity contribution is 0.0474. The van der Waals surface area contributed by atoms with Crippen LogP contribution in [0.15, 0.2) is 36.4 Å². The molecule has 0 atom stereocenters. The normalized spacial score (nSPS) is 12.6. The number of esters is 1. The molecule has 24 heavy (non-hydrogen) atoms. The SMILES string of the molecule is Cc1ccc(C(=O)OCC(=O)c2ccc3c(c2)OCCO3)cc1C. The minimum absolute atomic E-state index is 0.288. The number of benzene rings is 2. The second-order valence-corrected chi connectivity index (χ2v) is 5.66. The summed E-state index contributed by atoms with van der Waals surface area (Å²) in [7, 11) is 0. The molecule has 0 bridgehead atoms. The van der Waals surface area contributed by atoms with Crippen LogP contribution < -0.4 is 9.47 Å². The van der Waals surface area contributed by atoms with E-state index in [1.54, 1.807) is 30.3 Å². The summed E-state index contributed by atoms with van der Waals surface area (Å²) in [6.07, 6.45) is 0. The molecule has 1 aliphatic rings. The number of hydrogen-bond donors (Lipinski definition) is 0. The fourth-order valence-electron chi connectivity index (χ4n) is 2.38. The van der Waals surface area contributed by atoms with Crippen molar-refractivity contribution in [2.75, 3.05) is 19.8 Å². The zero-order valence-corrected chi connectivity index (χ0v) is 13.6. The molecule has 124 valence electrons. The van der Waals surface area contributed by atoms with E-state index in [9.17, 15) is 9.59 Å². The first-order valence-corrected chi connectivity index (χ1v) is 7.72. The van der Waals surface area contributed by atoms with Gasteiger partial charge in [-0.15, -0.1) is 0 Å². The molecule has 0 fully saturated rings. The highest BCUT2D eigenvalue weighted by Gasteiger charge is 2.17. The predicted molar refractivity (Wildman–Crippen MR) is 88.0 cm³/mol. The summed E-state index contributed by atoms with van der Waals surface area (Å²) in [4.78, 5) is 24.3.